The lowest BCUT2D eigenvalue weighted by Crippen LogP contribution is -2.35. The van der Waals surface area contributed by atoms with Crippen LogP contribution in [0.4, 0.5) is 5.69 Å². The average molecular weight is 332 g/mol. The van der Waals surface area contributed by atoms with Gasteiger partial charge in [-0.1, -0.05) is 57.9 Å². The molecule has 0 radical (unpaired) electrons. The van der Waals surface area contributed by atoms with Gasteiger partial charge in [-0.05, 0) is 43.5 Å². The van der Waals surface area contributed by atoms with Crippen molar-refractivity contribution in [1.29, 1.82) is 0 Å². The van der Waals surface area contributed by atoms with Crippen LogP contribution in [0.5, 0.6) is 0 Å². The summed E-state index contributed by atoms with van der Waals surface area (Å²) in [6, 6.07) is 5.74. The third-order valence-electron chi connectivity index (χ3n) is 4.00. The molecule has 0 bridgehead atoms. The number of nitrogens with one attached hydrogen (secondary N) is 2. The van der Waals surface area contributed by atoms with Crippen LogP contribution in [0.1, 0.15) is 69.4 Å². The third kappa shape index (κ3) is 8.70. The second-order valence-electron chi connectivity index (χ2n) is 6.56. The molecule has 0 spiro atoms. The number of carbonyl (C=O) groups is 2. The number of hydrogen-bond acceptors (Lipinski definition) is 2. The lowest BCUT2D eigenvalue weighted by Gasteiger charge is -2.08. The van der Waals surface area contributed by atoms with Gasteiger partial charge in [0.2, 0.25) is 0 Å². The summed E-state index contributed by atoms with van der Waals surface area (Å²) < 4.78 is 0. The Hall–Kier alpha value is -1.84. The molecule has 2 N–H and O–H groups in total. The van der Waals surface area contributed by atoms with Gasteiger partial charge in [-0.3, -0.25) is 9.59 Å². The molecular formula is C20H32N2O2. The third-order valence-corrected chi connectivity index (χ3v) is 4.00. The highest BCUT2D eigenvalue weighted by Gasteiger charge is 2.13. The summed E-state index contributed by atoms with van der Waals surface area (Å²) in [6.45, 7) is 6.71. The topological polar surface area (TPSA) is 58.2 Å². The van der Waals surface area contributed by atoms with E-state index in [0.29, 0.717) is 12.2 Å². The van der Waals surface area contributed by atoms with Crippen LogP contribution >= 0.6 is 0 Å². The second kappa shape index (κ2) is 11.7. The van der Waals surface area contributed by atoms with E-state index in [0.717, 1.165) is 24.0 Å². The zero-order valence-electron chi connectivity index (χ0n) is 15.4. The monoisotopic (exact) mass is 332 g/mol. The first-order valence-electron chi connectivity index (χ1n) is 9.20. The van der Waals surface area contributed by atoms with E-state index in [1.54, 1.807) is 0 Å². The highest BCUT2D eigenvalue weighted by Crippen LogP contribution is 2.13. The molecule has 0 aliphatic heterocycles. The van der Waals surface area contributed by atoms with Crippen LogP contribution in [0.3, 0.4) is 0 Å². The Balaban J connectivity index is 2.15. The van der Waals surface area contributed by atoms with Gasteiger partial charge in [0.15, 0.2) is 0 Å². The number of anilines is 1. The largest absolute Gasteiger partial charge is 0.348 e. The highest BCUT2D eigenvalue weighted by molar-refractivity contribution is 6.39. The lowest BCUT2D eigenvalue weighted by atomic mass is 10.1. The molecule has 0 saturated heterocycles. The summed E-state index contributed by atoms with van der Waals surface area (Å²) in [6.07, 6.45) is 9.73. The van der Waals surface area contributed by atoms with Crippen molar-refractivity contribution in [3.63, 3.8) is 0 Å². The minimum Gasteiger partial charge on any atom is -0.348 e. The molecule has 0 aliphatic carbocycles. The van der Waals surface area contributed by atoms with E-state index in [-0.39, 0.29) is 0 Å². The van der Waals surface area contributed by atoms with Crippen molar-refractivity contribution in [3.05, 3.63) is 29.3 Å². The molecule has 0 aromatic heterocycles. The summed E-state index contributed by atoms with van der Waals surface area (Å²) in [5.74, 6) is -1.16. The van der Waals surface area contributed by atoms with Crippen molar-refractivity contribution >= 4 is 17.5 Å². The van der Waals surface area contributed by atoms with Crippen molar-refractivity contribution in [3.8, 4) is 0 Å². The fourth-order valence-electron chi connectivity index (χ4n) is 2.78. The first-order chi connectivity index (χ1) is 11.5. The average Bonchev–Trinajstić information content (AvgIpc) is 2.52. The van der Waals surface area contributed by atoms with Crippen molar-refractivity contribution in [2.45, 2.75) is 72.1 Å². The molecule has 0 fully saturated rings. The van der Waals surface area contributed by atoms with E-state index in [1.807, 2.05) is 32.0 Å². The fraction of sp³-hybridized carbons (Fsp3) is 0.600. The number of aryl methyl sites for hydroxylation is 2. The molecule has 0 saturated carbocycles. The normalized spacial score (nSPS) is 10.5. The molecule has 0 unspecified atom stereocenters. The van der Waals surface area contributed by atoms with Crippen LogP contribution in [-0.4, -0.2) is 18.4 Å². The van der Waals surface area contributed by atoms with E-state index < -0.39 is 11.8 Å². The number of carbonyl (C=O) groups excluding carboxylic acids is 2. The first kappa shape index (κ1) is 20.2. The van der Waals surface area contributed by atoms with Crippen LogP contribution in [0.25, 0.3) is 0 Å². The van der Waals surface area contributed by atoms with Crippen molar-refractivity contribution in [2.24, 2.45) is 0 Å². The zero-order valence-corrected chi connectivity index (χ0v) is 15.4. The summed E-state index contributed by atoms with van der Waals surface area (Å²) in [4.78, 5) is 23.7. The van der Waals surface area contributed by atoms with Crippen molar-refractivity contribution in [1.82, 2.24) is 5.32 Å². The zero-order chi connectivity index (χ0) is 17.8. The SMILES string of the molecule is CCCCCCCCCCNC(=O)C(=O)Nc1cc(C)cc(C)c1. The Morgan fingerprint density at radius 2 is 1.33 bits per heavy atom. The van der Waals surface area contributed by atoms with Gasteiger partial charge in [-0.25, -0.2) is 0 Å². The van der Waals surface area contributed by atoms with Gasteiger partial charge in [-0.2, -0.15) is 0 Å². The maximum atomic E-state index is 11.9. The molecule has 134 valence electrons. The van der Waals surface area contributed by atoms with E-state index in [4.69, 9.17) is 0 Å². The molecule has 4 nitrogen and oxygen atoms in total. The van der Waals surface area contributed by atoms with Crippen LogP contribution in [0.2, 0.25) is 0 Å². The maximum Gasteiger partial charge on any atom is 0.313 e. The predicted octanol–water partition coefficient (Wildman–Crippen LogP) is 4.50. The smallest absolute Gasteiger partial charge is 0.313 e. The first-order valence-corrected chi connectivity index (χ1v) is 9.20. The number of hydrogen-bond donors (Lipinski definition) is 2. The Bertz CT molecular complexity index is 506. The molecule has 4 heteroatoms. The van der Waals surface area contributed by atoms with E-state index in [9.17, 15) is 9.59 Å². The van der Waals surface area contributed by atoms with E-state index >= 15 is 0 Å². The Morgan fingerprint density at radius 1 is 0.792 bits per heavy atom. The maximum absolute atomic E-state index is 11.9. The number of rotatable bonds is 10. The molecule has 1 rings (SSSR count). The molecule has 0 heterocycles. The van der Waals surface area contributed by atoms with Crippen LogP contribution in [0.15, 0.2) is 18.2 Å². The van der Waals surface area contributed by atoms with E-state index in [2.05, 4.69) is 17.6 Å². The summed E-state index contributed by atoms with van der Waals surface area (Å²) in [5.41, 5.74) is 2.79. The lowest BCUT2D eigenvalue weighted by molar-refractivity contribution is -0.136. The molecule has 2 amide bonds. The highest BCUT2D eigenvalue weighted by atomic mass is 16.2. The van der Waals surface area contributed by atoms with Crippen LogP contribution in [0, 0.1) is 13.8 Å². The van der Waals surface area contributed by atoms with E-state index in [1.165, 1.54) is 38.5 Å². The minimum atomic E-state index is -0.598. The van der Waals surface area contributed by atoms with Crippen molar-refractivity contribution < 1.29 is 9.59 Å². The molecule has 0 atom stereocenters. The summed E-state index contributed by atoms with van der Waals surface area (Å²) in [7, 11) is 0. The molecule has 24 heavy (non-hydrogen) atoms. The van der Waals surface area contributed by atoms with Gasteiger partial charge in [0.1, 0.15) is 0 Å². The fourth-order valence-corrected chi connectivity index (χ4v) is 2.78. The number of unbranched alkanes of at least 4 members (excludes halogenated alkanes) is 7. The molecule has 1 aromatic rings. The van der Waals surface area contributed by atoms with Gasteiger partial charge in [0, 0.05) is 12.2 Å². The standard InChI is InChI=1S/C20H32N2O2/c1-4-5-6-7-8-9-10-11-12-21-19(23)20(24)22-18-14-16(2)13-17(3)15-18/h13-15H,4-12H2,1-3H3,(H,21,23)(H,22,24). The van der Waals surface area contributed by atoms with Gasteiger partial charge in [-0.15, -0.1) is 0 Å². The van der Waals surface area contributed by atoms with Crippen molar-refractivity contribution in [2.75, 3.05) is 11.9 Å². The van der Waals surface area contributed by atoms with Gasteiger partial charge in [0.25, 0.3) is 0 Å². The Morgan fingerprint density at radius 3 is 1.92 bits per heavy atom. The van der Waals surface area contributed by atoms with Crippen LogP contribution < -0.4 is 10.6 Å². The second-order valence-corrected chi connectivity index (χ2v) is 6.56. The Kier molecular flexibility index (Phi) is 9.81. The molecule has 1 aromatic carbocycles. The van der Waals surface area contributed by atoms with Gasteiger partial charge in [0.05, 0.1) is 0 Å². The predicted molar refractivity (Wildman–Crippen MR) is 100 cm³/mol. The molecule has 0 aliphatic rings. The quantitative estimate of drug-likeness (QED) is 0.489. The van der Waals surface area contributed by atoms with Crippen LogP contribution in [-0.2, 0) is 9.59 Å². The summed E-state index contributed by atoms with van der Waals surface area (Å²) in [5, 5.41) is 5.35. The Labute approximate surface area is 146 Å². The minimum absolute atomic E-state index is 0.558. The number of benzene rings is 1. The van der Waals surface area contributed by atoms with Gasteiger partial charge >= 0.3 is 11.8 Å². The number of amides is 2. The molecular weight excluding hydrogens is 300 g/mol. The summed E-state index contributed by atoms with van der Waals surface area (Å²) >= 11 is 0. The van der Waals surface area contributed by atoms with Gasteiger partial charge < -0.3 is 10.6 Å².